The molecule has 0 heterocycles. The summed E-state index contributed by atoms with van der Waals surface area (Å²) in [6.45, 7) is 4.42. The third-order valence-corrected chi connectivity index (χ3v) is 9.16. The summed E-state index contributed by atoms with van der Waals surface area (Å²) < 4.78 is 0. The summed E-state index contributed by atoms with van der Waals surface area (Å²) in [7, 11) is 0. The van der Waals surface area contributed by atoms with Gasteiger partial charge in [0.25, 0.3) is 0 Å². The predicted molar refractivity (Wildman–Crippen MR) is 169 cm³/mol. The van der Waals surface area contributed by atoms with Crippen molar-refractivity contribution in [3.63, 3.8) is 0 Å². The molecule has 43 heavy (non-hydrogen) atoms. The molecule has 0 fully saturated rings. The summed E-state index contributed by atoms with van der Waals surface area (Å²) in [5, 5.41) is 5.51. The fourth-order valence-corrected chi connectivity index (χ4v) is 7.58. The van der Waals surface area contributed by atoms with E-state index in [4.69, 9.17) is 0 Å². The number of benzene rings is 6. The van der Waals surface area contributed by atoms with Gasteiger partial charge in [-0.3, -0.25) is 0 Å². The van der Waals surface area contributed by atoms with Gasteiger partial charge in [-0.05, 0) is 45.5 Å². The Hall–Kier alpha value is -3.22. The minimum atomic E-state index is 0. The Kier molecular flexibility index (Phi) is 7.67. The van der Waals surface area contributed by atoms with Gasteiger partial charge in [0.15, 0.2) is 0 Å². The average Bonchev–Trinajstić information content (AvgIpc) is 3.71. The summed E-state index contributed by atoms with van der Waals surface area (Å²) in [5.41, 5.74) is 19.5. The van der Waals surface area contributed by atoms with E-state index in [1.54, 1.807) is 0 Å². The summed E-state index contributed by atoms with van der Waals surface area (Å²) in [5.74, 6) is 0. The summed E-state index contributed by atoms with van der Waals surface area (Å²) in [4.78, 5) is 0. The second-order valence-corrected chi connectivity index (χ2v) is 11.7. The predicted octanol–water partition coefficient (Wildman–Crippen LogP) is 4.50. The zero-order valence-electron chi connectivity index (χ0n) is 23.9. The third-order valence-electron chi connectivity index (χ3n) is 9.16. The maximum Gasteiger partial charge on any atom is 4.00 e. The van der Waals surface area contributed by atoms with Crippen LogP contribution in [0.15, 0.2) is 96.1 Å². The zero-order valence-corrected chi connectivity index (χ0v) is 27.9. The van der Waals surface area contributed by atoms with Crippen molar-refractivity contribution in [1.29, 1.82) is 0 Å². The van der Waals surface area contributed by atoms with Gasteiger partial charge in [-0.1, -0.05) is 120 Å². The van der Waals surface area contributed by atoms with Crippen LogP contribution in [-0.4, -0.2) is 0 Å². The van der Waals surface area contributed by atoms with Gasteiger partial charge >= 0.3 is 26.2 Å². The monoisotopic (exact) mass is 666 g/mol. The van der Waals surface area contributed by atoms with E-state index in [9.17, 15) is 0 Å². The molecule has 3 heteroatoms. The molecule has 0 aliphatic heterocycles. The maximum atomic E-state index is 3.48. The van der Waals surface area contributed by atoms with E-state index in [1.807, 2.05) is 0 Å². The molecule has 6 aromatic carbocycles. The minimum Gasteiger partial charge on any atom is -1.00 e. The molecule has 0 bridgehead atoms. The molecule has 0 amide bonds. The normalized spacial score (nSPS) is 13.3. The van der Waals surface area contributed by atoms with Crippen LogP contribution in [0.4, 0.5) is 0 Å². The van der Waals surface area contributed by atoms with E-state index in [0.717, 1.165) is 12.8 Å². The molecule has 0 nitrogen and oxygen atoms in total. The molecule has 10 rings (SSSR count). The molecule has 0 saturated heterocycles. The SMILES string of the molecule is CC1=Cc2[c-]cc3c(c2C1)-c1cccc2cccc-3c12.CC1=Cc2[c-]cc3c(c2C1)-c1cccc2cccc-3c12.[Cl-].[Cl-].[Zr+4]. The van der Waals surface area contributed by atoms with Crippen molar-refractivity contribution >= 4 is 33.7 Å². The van der Waals surface area contributed by atoms with Crippen molar-refractivity contribution in [1.82, 2.24) is 0 Å². The van der Waals surface area contributed by atoms with Crippen LogP contribution in [0.5, 0.6) is 0 Å². The van der Waals surface area contributed by atoms with Crippen LogP contribution >= 0.6 is 0 Å². The molecule has 0 spiro atoms. The van der Waals surface area contributed by atoms with Gasteiger partial charge in [-0.2, -0.15) is 0 Å². The van der Waals surface area contributed by atoms with Crippen LogP contribution < -0.4 is 24.8 Å². The van der Waals surface area contributed by atoms with Crippen molar-refractivity contribution in [2.24, 2.45) is 0 Å². The standard InChI is InChI=1S/2C20H13.2ClH.Zr/c2*1-12-10-14-8-9-16-15-6-2-4-13-5-3-7-17(19(13)15)20(16)18(14)11-12;;;/h2*2-7,9-10H,11H2,1H3;2*1H;/q2*-1;;;+4/p-2. The number of fused-ring (bicyclic) bond motifs is 10. The van der Waals surface area contributed by atoms with Crippen LogP contribution in [0.2, 0.25) is 0 Å². The van der Waals surface area contributed by atoms with Gasteiger partial charge in [-0.25, -0.2) is 0 Å². The Morgan fingerprint density at radius 2 is 0.860 bits per heavy atom. The minimum absolute atomic E-state index is 0. The number of halogens is 2. The van der Waals surface area contributed by atoms with E-state index in [1.165, 1.54) is 99.5 Å². The topological polar surface area (TPSA) is 0 Å². The molecule has 4 aliphatic rings. The van der Waals surface area contributed by atoms with E-state index < -0.39 is 0 Å². The number of hydrogen-bond donors (Lipinski definition) is 0. The van der Waals surface area contributed by atoms with Gasteiger partial charge in [-0.15, -0.1) is 69.8 Å². The smallest absolute Gasteiger partial charge is 1.00 e. The van der Waals surface area contributed by atoms with Crippen molar-refractivity contribution in [3.8, 4) is 44.5 Å². The first kappa shape index (κ1) is 29.8. The summed E-state index contributed by atoms with van der Waals surface area (Å²) in [6.07, 6.45) is 6.69. The molecule has 0 saturated carbocycles. The second-order valence-electron chi connectivity index (χ2n) is 11.7. The average molecular weight is 669 g/mol. The number of hydrogen-bond acceptors (Lipinski definition) is 0. The second kappa shape index (κ2) is 11.1. The van der Waals surface area contributed by atoms with Crippen molar-refractivity contribution in [2.75, 3.05) is 0 Å². The van der Waals surface area contributed by atoms with Crippen LogP contribution in [0, 0.1) is 12.1 Å². The fraction of sp³-hybridized carbons (Fsp3) is 0.100. The number of rotatable bonds is 0. The van der Waals surface area contributed by atoms with Gasteiger partial charge in [0.1, 0.15) is 0 Å². The van der Waals surface area contributed by atoms with Gasteiger partial charge in [0, 0.05) is 0 Å². The fourth-order valence-electron chi connectivity index (χ4n) is 7.58. The zero-order chi connectivity index (χ0) is 26.5. The Morgan fingerprint density at radius 3 is 1.26 bits per heavy atom. The Labute approximate surface area is 284 Å². The van der Waals surface area contributed by atoms with Gasteiger partial charge < -0.3 is 24.8 Å². The van der Waals surface area contributed by atoms with Crippen molar-refractivity contribution in [2.45, 2.75) is 26.7 Å². The maximum absolute atomic E-state index is 3.48. The van der Waals surface area contributed by atoms with Crippen LogP contribution in [-0.2, 0) is 39.0 Å². The first-order valence-corrected chi connectivity index (χ1v) is 14.2. The molecule has 204 valence electrons. The summed E-state index contributed by atoms with van der Waals surface area (Å²) >= 11 is 0. The largest absolute Gasteiger partial charge is 4.00 e. The molecular formula is C40H26Cl2Zr. The molecule has 0 aromatic heterocycles. The van der Waals surface area contributed by atoms with E-state index in [0.29, 0.717) is 0 Å². The molecular weight excluding hydrogens is 643 g/mol. The Morgan fingerprint density at radius 1 is 0.488 bits per heavy atom. The quantitative estimate of drug-likeness (QED) is 0.209. The molecule has 0 unspecified atom stereocenters. The van der Waals surface area contributed by atoms with Crippen molar-refractivity contribution < 1.29 is 51.0 Å². The van der Waals surface area contributed by atoms with Crippen molar-refractivity contribution in [3.05, 3.63) is 130 Å². The number of allylic oxidation sites excluding steroid dienone is 2. The first-order valence-electron chi connectivity index (χ1n) is 14.2. The molecule has 0 radical (unpaired) electrons. The van der Waals surface area contributed by atoms with Crippen LogP contribution in [0.3, 0.4) is 0 Å². The van der Waals surface area contributed by atoms with Crippen LogP contribution in [0.1, 0.15) is 36.1 Å². The molecule has 0 atom stereocenters. The van der Waals surface area contributed by atoms with Crippen LogP contribution in [0.25, 0.3) is 78.2 Å². The molecule has 4 aliphatic carbocycles. The van der Waals surface area contributed by atoms with E-state index in [2.05, 4.69) is 123 Å². The molecule has 6 aromatic rings. The summed E-state index contributed by atoms with van der Waals surface area (Å²) in [6, 6.07) is 37.9. The van der Waals surface area contributed by atoms with Gasteiger partial charge in [0.05, 0.1) is 0 Å². The van der Waals surface area contributed by atoms with E-state index >= 15 is 0 Å². The van der Waals surface area contributed by atoms with E-state index in [-0.39, 0.29) is 51.0 Å². The first-order chi connectivity index (χ1) is 19.7. The third kappa shape index (κ3) is 4.28. The van der Waals surface area contributed by atoms with Gasteiger partial charge in [0.2, 0.25) is 0 Å². The molecule has 0 N–H and O–H groups in total. The Bertz CT molecular complexity index is 2020. The Balaban J connectivity index is 0.000000143.